The molecule has 12 heteroatoms. The molecule has 3 aromatic heterocycles. The Balaban J connectivity index is 1.27. The molecule has 1 aromatic carbocycles. The summed E-state index contributed by atoms with van der Waals surface area (Å²) in [6, 6.07) is 8.28. The predicted molar refractivity (Wildman–Crippen MR) is 162 cm³/mol. The van der Waals surface area contributed by atoms with Crippen LogP contribution in [0, 0.1) is 5.92 Å². The molecule has 5 heterocycles. The molecule has 1 N–H and O–H groups in total. The summed E-state index contributed by atoms with van der Waals surface area (Å²) >= 11 is 6.44. The number of hydrogen-bond acceptors (Lipinski definition) is 9. The number of rotatable bonds is 9. The van der Waals surface area contributed by atoms with E-state index >= 15 is 0 Å². The number of sulfone groups is 1. The van der Waals surface area contributed by atoms with Crippen molar-refractivity contribution in [1.29, 1.82) is 0 Å². The number of nitrogens with one attached hydrogen (secondary N) is 1. The molecule has 0 bridgehead atoms. The fourth-order valence-corrected chi connectivity index (χ4v) is 7.02. The minimum atomic E-state index is -3.02. The van der Waals surface area contributed by atoms with Crippen LogP contribution in [0.4, 0.5) is 17.3 Å². The Morgan fingerprint density at radius 3 is 2.66 bits per heavy atom. The molecule has 10 nitrogen and oxygen atoms in total. The van der Waals surface area contributed by atoms with Gasteiger partial charge in [0.1, 0.15) is 21.5 Å². The highest BCUT2D eigenvalue weighted by atomic mass is 35.5. The van der Waals surface area contributed by atoms with Gasteiger partial charge >= 0.3 is 0 Å². The Morgan fingerprint density at radius 2 is 1.98 bits per heavy atom. The van der Waals surface area contributed by atoms with Crippen molar-refractivity contribution in [3.63, 3.8) is 0 Å². The fourth-order valence-electron chi connectivity index (χ4n) is 5.62. The van der Waals surface area contributed by atoms with Crippen molar-refractivity contribution in [3.8, 4) is 11.4 Å². The summed E-state index contributed by atoms with van der Waals surface area (Å²) in [5, 5.41) is 10.2. The van der Waals surface area contributed by atoms with Crippen molar-refractivity contribution in [1.82, 2.24) is 24.7 Å². The third kappa shape index (κ3) is 5.75. The van der Waals surface area contributed by atoms with Gasteiger partial charge in [0, 0.05) is 61.0 Å². The number of pyridine rings is 1. The number of benzene rings is 1. The lowest BCUT2D eigenvalue weighted by Crippen LogP contribution is -2.57. The Morgan fingerprint density at radius 1 is 1.17 bits per heavy atom. The molecule has 2 fully saturated rings. The van der Waals surface area contributed by atoms with Gasteiger partial charge in [0.2, 0.25) is 0 Å². The Labute approximate surface area is 245 Å². The van der Waals surface area contributed by atoms with Crippen LogP contribution in [0.25, 0.3) is 22.2 Å². The summed E-state index contributed by atoms with van der Waals surface area (Å²) in [6.07, 6.45) is 7.92. The normalized spacial score (nSPS) is 20.7. The largest absolute Gasteiger partial charge is 0.376 e. The maximum Gasteiger partial charge on any atom is 0.166 e. The van der Waals surface area contributed by atoms with Gasteiger partial charge in [-0.3, -0.25) is 4.68 Å². The number of nitrogens with zero attached hydrogens (tertiary/aromatic N) is 6. The molecule has 0 saturated carbocycles. The van der Waals surface area contributed by atoms with Crippen molar-refractivity contribution in [2.45, 2.75) is 51.8 Å². The van der Waals surface area contributed by atoms with E-state index < -0.39 is 9.84 Å². The zero-order valence-corrected chi connectivity index (χ0v) is 25.2. The first kappa shape index (κ1) is 27.9. The molecule has 0 radical (unpaired) electrons. The summed E-state index contributed by atoms with van der Waals surface area (Å²) in [5.41, 5.74) is 2.95. The van der Waals surface area contributed by atoms with Crippen LogP contribution in [0.1, 0.15) is 38.7 Å². The zero-order valence-electron chi connectivity index (χ0n) is 23.6. The van der Waals surface area contributed by atoms with Gasteiger partial charge in [-0.25, -0.2) is 23.4 Å². The molecule has 2 saturated heterocycles. The van der Waals surface area contributed by atoms with E-state index in [1.54, 1.807) is 16.9 Å². The molecular weight excluding hydrogens is 562 g/mol. The van der Waals surface area contributed by atoms with Gasteiger partial charge in [-0.05, 0) is 48.4 Å². The highest BCUT2D eigenvalue weighted by Crippen LogP contribution is 2.39. The SMILES string of the molecule is CC(C)c1ccc(N2C[C@H](CS(C)(=O)=O)[C@H]2C)c2cnc(Nc3ccnc(-c4cn(CC5CCO5)nc4Cl)n3)cc12. The van der Waals surface area contributed by atoms with E-state index in [9.17, 15) is 8.42 Å². The first-order chi connectivity index (χ1) is 19.6. The lowest BCUT2D eigenvalue weighted by Gasteiger charge is -2.48. The minimum Gasteiger partial charge on any atom is -0.376 e. The summed E-state index contributed by atoms with van der Waals surface area (Å²) in [7, 11) is -3.02. The van der Waals surface area contributed by atoms with E-state index in [2.05, 4.69) is 59.3 Å². The van der Waals surface area contributed by atoms with E-state index in [0.717, 1.165) is 29.5 Å². The number of fused-ring (bicyclic) bond motifs is 1. The second-order valence-electron chi connectivity index (χ2n) is 11.4. The topological polar surface area (TPSA) is 115 Å². The van der Waals surface area contributed by atoms with E-state index in [1.807, 2.05) is 12.4 Å². The smallest absolute Gasteiger partial charge is 0.166 e. The van der Waals surface area contributed by atoms with Crippen LogP contribution in [0.3, 0.4) is 0 Å². The van der Waals surface area contributed by atoms with Gasteiger partial charge < -0.3 is 15.0 Å². The third-order valence-corrected chi connectivity index (χ3v) is 9.33. The molecule has 0 aliphatic carbocycles. The number of aromatic nitrogens is 5. The molecule has 3 atom stereocenters. The lowest BCUT2D eigenvalue weighted by atomic mass is 9.88. The van der Waals surface area contributed by atoms with Crippen LogP contribution in [-0.4, -0.2) is 70.5 Å². The second-order valence-corrected chi connectivity index (χ2v) is 14.0. The van der Waals surface area contributed by atoms with Crippen LogP contribution < -0.4 is 10.2 Å². The van der Waals surface area contributed by atoms with E-state index in [4.69, 9.17) is 26.3 Å². The molecule has 0 amide bonds. The zero-order chi connectivity index (χ0) is 28.9. The number of halogens is 1. The maximum atomic E-state index is 11.9. The first-order valence-corrected chi connectivity index (χ1v) is 16.3. The van der Waals surface area contributed by atoms with Crippen molar-refractivity contribution in [2.24, 2.45) is 5.92 Å². The predicted octanol–water partition coefficient (Wildman–Crippen LogP) is 5.07. The average Bonchev–Trinajstić information content (AvgIpc) is 3.27. The van der Waals surface area contributed by atoms with Crippen LogP contribution in [0.5, 0.6) is 0 Å². The molecule has 41 heavy (non-hydrogen) atoms. The van der Waals surface area contributed by atoms with Crippen molar-refractivity contribution in [2.75, 3.05) is 35.4 Å². The summed E-state index contributed by atoms with van der Waals surface area (Å²) in [5.74, 6) is 2.37. The molecule has 1 unspecified atom stereocenters. The van der Waals surface area contributed by atoms with Crippen molar-refractivity contribution >= 4 is 49.5 Å². The molecule has 2 aliphatic heterocycles. The third-order valence-electron chi connectivity index (χ3n) is 8.02. The Kier molecular flexibility index (Phi) is 7.37. The number of ether oxygens (including phenoxy) is 1. The Bertz CT molecular complexity index is 1700. The van der Waals surface area contributed by atoms with Gasteiger partial charge in [0.25, 0.3) is 0 Å². The minimum absolute atomic E-state index is 0.123. The molecule has 6 rings (SSSR count). The Hall–Kier alpha value is -3.28. The van der Waals surface area contributed by atoms with E-state index in [-0.39, 0.29) is 23.8 Å². The van der Waals surface area contributed by atoms with E-state index in [0.29, 0.717) is 47.2 Å². The van der Waals surface area contributed by atoms with Gasteiger partial charge in [-0.2, -0.15) is 5.10 Å². The van der Waals surface area contributed by atoms with Gasteiger partial charge in [-0.15, -0.1) is 0 Å². The first-order valence-electron chi connectivity index (χ1n) is 13.9. The van der Waals surface area contributed by atoms with Crippen LogP contribution >= 0.6 is 11.6 Å². The number of anilines is 3. The van der Waals surface area contributed by atoms with Crippen LogP contribution in [0.2, 0.25) is 5.15 Å². The molecule has 0 spiro atoms. The van der Waals surface area contributed by atoms with Crippen molar-refractivity contribution < 1.29 is 13.2 Å². The quantitative estimate of drug-likeness (QED) is 0.283. The van der Waals surface area contributed by atoms with E-state index in [1.165, 1.54) is 11.8 Å². The monoisotopic (exact) mass is 595 g/mol. The summed E-state index contributed by atoms with van der Waals surface area (Å²) in [6.45, 7) is 8.58. The van der Waals surface area contributed by atoms with Gasteiger partial charge in [-0.1, -0.05) is 31.5 Å². The molecule has 216 valence electrons. The standard InChI is InChI=1S/C29H34ClN7O3S/c1-17(2)21-5-6-25(37-13-19(18(37)3)16-41(4,38)39)23-12-32-27(11-22(21)23)33-26-7-9-31-29(34-26)24-15-36(35-28(24)30)14-20-8-10-40-20/h5-7,9,11-12,15,17-20H,8,10,13-14,16H2,1-4H3,(H,31,32,33,34)/t18-,19-,20?/m1/s1. The summed E-state index contributed by atoms with van der Waals surface area (Å²) in [4.78, 5) is 16.1. The van der Waals surface area contributed by atoms with Gasteiger partial charge in [0.15, 0.2) is 11.0 Å². The van der Waals surface area contributed by atoms with Crippen LogP contribution in [-0.2, 0) is 21.1 Å². The highest BCUT2D eigenvalue weighted by molar-refractivity contribution is 7.90. The highest BCUT2D eigenvalue weighted by Gasteiger charge is 2.38. The average molecular weight is 596 g/mol. The molecular formula is C29H34ClN7O3S. The van der Waals surface area contributed by atoms with Crippen LogP contribution in [0.15, 0.2) is 42.9 Å². The second kappa shape index (κ2) is 10.8. The maximum absolute atomic E-state index is 11.9. The molecule has 4 aromatic rings. The van der Waals surface area contributed by atoms with Crippen molar-refractivity contribution in [3.05, 3.63) is 53.6 Å². The number of hydrogen-bond donors (Lipinski definition) is 1. The lowest BCUT2D eigenvalue weighted by molar-refractivity contribution is -0.0608. The van der Waals surface area contributed by atoms with Gasteiger partial charge in [0.05, 0.1) is 24.0 Å². The molecule has 2 aliphatic rings. The summed E-state index contributed by atoms with van der Waals surface area (Å²) < 4.78 is 31.0. The fraction of sp³-hybridized carbons (Fsp3) is 0.448.